The lowest BCUT2D eigenvalue weighted by Gasteiger charge is -2.13. The van der Waals surface area contributed by atoms with Crippen molar-refractivity contribution in [2.45, 2.75) is 33.2 Å². The predicted octanol–water partition coefficient (Wildman–Crippen LogP) is 2.50. The molecule has 0 saturated heterocycles. The van der Waals surface area contributed by atoms with Gasteiger partial charge in [0.1, 0.15) is 0 Å². The van der Waals surface area contributed by atoms with E-state index in [1.165, 1.54) is 0 Å². The van der Waals surface area contributed by atoms with Crippen molar-refractivity contribution in [1.29, 1.82) is 0 Å². The molecule has 84 valence electrons. The minimum atomic E-state index is 0.105. The summed E-state index contributed by atoms with van der Waals surface area (Å²) in [7, 11) is 0. The third kappa shape index (κ3) is 3.74. The molecule has 0 spiro atoms. The van der Waals surface area contributed by atoms with Gasteiger partial charge in [0.2, 0.25) is 0 Å². The van der Waals surface area contributed by atoms with Crippen LogP contribution in [0.3, 0.4) is 0 Å². The highest BCUT2D eigenvalue weighted by molar-refractivity contribution is 7.80. The standard InChI is InChI=1S/C12H19NOS/c1-10(7-9-15)6-8-13-11(2)4-3-5-12(13)14/h3-5,10,15H,6-9H2,1-2H3. The zero-order valence-corrected chi connectivity index (χ0v) is 10.3. The summed E-state index contributed by atoms with van der Waals surface area (Å²) in [6, 6.07) is 5.41. The molecule has 0 radical (unpaired) electrons. The van der Waals surface area contributed by atoms with Gasteiger partial charge in [-0.15, -0.1) is 0 Å². The number of thiol groups is 1. The maximum atomic E-state index is 11.6. The Bertz CT molecular complexity index is 359. The van der Waals surface area contributed by atoms with Gasteiger partial charge in [0.05, 0.1) is 0 Å². The molecule has 2 nitrogen and oxygen atoms in total. The molecule has 0 bridgehead atoms. The van der Waals surface area contributed by atoms with Crippen LogP contribution in [0.4, 0.5) is 0 Å². The largest absolute Gasteiger partial charge is 0.313 e. The lowest BCUT2D eigenvalue weighted by Crippen LogP contribution is -2.22. The summed E-state index contributed by atoms with van der Waals surface area (Å²) in [5.41, 5.74) is 1.15. The topological polar surface area (TPSA) is 22.0 Å². The van der Waals surface area contributed by atoms with E-state index in [2.05, 4.69) is 19.6 Å². The monoisotopic (exact) mass is 225 g/mol. The molecular weight excluding hydrogens is 206 g/mol. The highest BCUT2D eigenvalue weighted by Crippen LogP contribution is 2.09. The van der Waals surface area contributed by atoms with Gasteiger partial charge in [-0.05, 0) is 37.5 Å². The van der Waals surface area contributed by atoms with Crippen LogP contribution in [0, 0.1) is 12.8 Å². The van der Waals surface area contributed by atoms with Crippen LogP contribution in [0.5, 0.6) is 0 Å². The second-order valence-electron chi connectivity index (χ2n) is 4.06. The Morgan fingerprint density at radius 3 is 2.73 bits per heavy atom. The van der Waals surface area contributed by atoms with Gasteiger partial charge < -0.3 is 4.57 Å². The van der Waals surface area contributed by atoms with E-state index in [9.17, 15) is 4.79 Å². The fourth-order valence-corrected chi connectivity index (χ4v) is 2.06. The number of pyridine rings is 1. The quantitative estimate of drug-likeness (QED) is 0.764. The van der Waals surface area contributed by atoms with Gasteiger partial charge in [0.15, 0.2) is 0 Å². The van der Waals surface area contributed by atoms with Crippen molar-refractivity contribution in [2.75, 3.05) is 5.75 Å². The number of rotatable bonds is 5. The average molecular weight is 225 g/mol. The van der Waals surface area contributed by atoms with E-state index in [4.69, 9.17) is 0 Å². The molecule has 15 heavy (non-hydrogen) atoms. The lowest BCUT2D eigenvalue weighted by molar-refractivity contribution is 0.462. The van der Waals surface area contributed by atoms with Crippen molar-refractivity contribution in [3.05, 3.63) is 34.2 Å². The van der Waals surface area contributed by atoms with Gasteiger partial charge in [-0.2, -0.15) is 12.6 Å². The van der Waals surface area contributed by atoms with Gasteiger partial charge in [-0.3, -0.25) is 4.79 Å². The predicted molar refractivity (Wildman–Crippen MR) is 67.7 cm³/mol. The van der Waals surface area contributed by atoms with Crippen LogP contribution < -0.4 is 5.56 Å². The maximum Gasteiger partial charge on any atom is 0.250 e. The first-order valence-electron chi connectivity index (χ1n) is 5.42. The summed E-state index contributed by atoms with van der Waals surface area (Å²) in [6.45, 7) is 5.00. The molecule has 3 heteroatoms. The van der Waals surface area contributed by atoms with E-state index in [1.54, 1.807) is 6.07 Å². The smallest absolute Gasteiger partial charge is 0.250 e. The highest BCUT2D eigenvalue weighted by atomic mass is 32.1. The number of aryl methyl sites for hydroxylation is 1. The fourth-order valence-electron chi connectivity index (χ4n) is 1.62. The Kier molecular flexibility index (Phi) is 4.95. The Hall–Kier alpha value is -0.700. The van der Waals surface area contributed by atoms with Crippen LogP contribution in [-0.2, 0) is 6.54 Å². The van der Waals surface area contributed by atoms with E-state index in [-0.39, 0.29) is 5.56 Å². The number of aromatic nitrogens is 1. The normalized spacial score (nSPS) is 12.7. The lowest BCUT2D eigenvalue weighted by atomic mass is 10.1. The van der Waals surface area contributed by atoms with E-state index >= 15 is 0 Å². The molecular formula is C12H19NOS. The Morgan fingerprint density at radius 2 is 2.13 bits per heavy atom. The summed E-state index contributed by atoms with van der Waals surface area (Å²) in [6.07, 6.45) is 2.16. The SMILES string of the molecule is Cc1cccc(=O)n1CCC(C)CCS. The first-order chi connectivity index (χ1) is 7.15. The molecule has 0 amide bonds. The second kappa shape index (κ2) is 6.01. The minimum Gasteiger partial charge on any atom is -0.313 e. The van der Waals surface area contributed by atoms with Crippen LogP contribution >= 0.6 is 12.6 Å². The first-order valence-corrected chi connectivity index (χ1v) is 6.05. The molecule has 0 aliphatic heterocycles. The van der Waals surface area contributed by atoms with Gasteiger partial charge in [-0.25, -0.2) is 0 Å². The van der Waals surface area contributed by atoms with Crippen LogP contribution in [0.25, 0.3) is 0 Å². The van der Waals surface area contributed by atoms with E-state index in [1.807, 2.05) is 23.6 Å². The van der Waals surface area contributed by atoms with Crippen molar-refractivity contribution in [2.24, 2.45) is 5.92 Å². The molecule has 0 aliphatic rings. The van der Waals surface area contributed by atoms with Crippen molar-refractivity contribution < 1.29 is 0 Å². The average Bonchev–Trinajstić information content (AvgIpc) is 2.17. The van der Waals surface area contributed by atoms with Crippen molar-refractivity contribution in [3.63, 3.8) is 0 Å². The zero-order valence-electron chi connectivity index (χ0n) is 9.44. The van der Waals surface area contributed by atoms with Crippen molar-refractivity contribution in [3.8, 4) is 0 Å². The Morgan fingerprint density at radius 1 is 1.40 bits per heavy atom. The molecule has 1 heterocycles. The van der Waals surface area contributed by atoms with Crippen LogP contribution in [0.15, 0.2) is 23.0 Å². The summed E-state index contributed by atoms with van der Waals surface area (Å²) in [4.78, 5) is 11.6. The third-order valence-corrected chi connectivity index (χ3v) is 2.99. The molecule has 1 aromatic rings. The van der Waals surface area contributed by atoms with E-state index in [0.717, 1.165) is 30.8 Å². The molecule has 0 fully saturated rings. The van der Waals surface area contributed by atoms with Crippen LogP contribution in [0.2, 0.25) is 0 Å². The van der Waals surface area contributed by atoms with Crippen LogP contribution in [0.1, 0.15) is 25.5 Å². The van der Waals surface area contributed by atoms with Crippen molar-refractivity contribution >= 4 is 12.6 Å². The summed E-state index contributed by atoms with van der Waals surface area (Å²) in [5.74, 6) is 1.55. The van der Waals surface area contributed by atoms with E-state index < -0.39 is 0 Å². The summed E-state index contributed by atoms with van der Waals surface area (Å²) in [5, 5.41) is 0. The third-order valence-electron chi connectivity index (χ3n) is 2.74. The first kappa shape index (κ1) is 12.4. The fraction of sp³-hybridized carbons (Fsp3) is 0.583. The molecule has 0 aliphatic carbocycles. The molecule has 0 N–H and O–H groups in total. The number of hydrogen-bond acceptors (Lipinski definition) is 2. The maximum absolute atomic E-state index is 11.6. The molecule has 0 saturated carbocycles. The summed E-state index contributed by atoms with van der Waals surface area (Å²) < 4.78 is 1.84. The van der Waals surface area contributed by atoms with Crippen LogP contribution in [-0.4, -0.2) is 10.3 Å². The highest BCUT2D eigenvalue weighted by Gasteiger charge is 2.03. The Balaban J connectivity index is 2.61. The van der Waals surface area contributed by atoms with E-state index in [0.29, 0.717) is 5.92 Å². The molecule has 0 aromatic carbocycles. The zero-order chi connectivity index (χ0) is 11.3. The van der Waals surface area contributed by atoms with Gasteiger partial charge in [-0.1, -0.05) is 13.0 Å². The minimum absolute atomic E-state index is 0.105. The second-order valence-corrected chi connectivity index (χ2v) is 4.51. The van der Waals surface area contributed by atoms with Gasteiger partial charge in [0.25, 0.3) is 5.56 Å². The van der Waals surface area contributed by atoms with Crippen molar-refractivity contribution in [1.82, 2.24) is 4.57 Å². The molecule has 1 atom stereocenters. The molecule has 1 unspecified atom stereocenters. The molecule has 1 rings (SSSR count). The summed E-state index contributed by atoms with van der Waals surface area (Å²) >= 11 is 4.21. The number of hydrogen-bond donors (Lipinski definition) is 1. The van der Waals surface area contributed by atoms with Gasteiger partial charge in [0, 0.05) is 18.3 Å². The molecule has 1 aromatic heterocycles. The Labute approximate surface area is 96.7 Å². The number of nitrogens with zero attached hydrogens (tertiary/aromatic N) is 1. The van der Waals surface area contributed by atoms with Gasteiger partial charge >= 0.3 is 0 Å².